The summed E-state index contributed by atoms with van der Waals surface area (Å²) in [5, 5.41) is 3.35. The lowest BCUT2D eigenvalue weighted by molar-refractivity contribution is 0.127. The second kappa shape index (κ2) is 7.11. The van der Waals surface area contributed by atoms with Crippen LogP contribution in [0.4, 0.5) is 0 Å². The van der Waals surface area contributed by atoms with Crippen LogP contribution >= 0.6 is 11.3 Å². The summed E-state index contributed by atoms with van der Waals surface area (Å²) in [6.07, 6.45) is 4.91. The van der Waals surface area contributed by atoms with Gasteiger partial charge in [-0.25, -0.2) is 4.98 Å². The Morgan fingerprint density at radius 1 is 1.19 bits per heavy atom. The molecule has 1 aliphatic rings. The first kappa shape index (κ1) is 14.6. The average Bonchev–Trinajstić information content (AvgIpc) is 2.93. The van der Waals surface area contributed by atoms with Crippen molar-refractivity contribution >= 4 is 11.3 Å². The molecule has 0 N–H and O–H groups in total. The number of thiazole rings is 1. The second-order valence-electron chi connectivity index (χ2n) is 5.59. The first-order valence-corrected chi connectivity index (χ1v) is 8.42. The Hall–Kier alpha value is -1.30. The lowest BCUT2D eigenvalue weighted by atomic mass is 10.2. The van der Waals surface area contributed by atoms with Gasteiger partial charge in [0, 0.05) is 57.0 Å². The van der Waals surface area contributed by atoms with E-state index in [0.29, 0.717) is 0 Å². The number of nitrogens with zero attached hydrogens (tertiary/aromatic N) is 4. The van der Waals surface area contributed by atoms with Gasteiger partial charge in [0.1, 0.15) is 0 Å². The second-order valence-corrected chi connectivity index (χ2v) is 6.65. The summed E-state index contributed by atoms with van der Waals surface area (Å²) in [5.74, 6) is 0. The lowest BCUT2D eigenvalue weighted by Gasteiger charge is -2.34. The molecule has 0 aromatic carbocycles. The Morgan fingerprint density at radius 2 is 2.00 bits per heavy atom. The van der Waals surface area contributed by atoms with E-state index in [-0.39, 0.29) is 0 Å². The van der Waals surface area contributed by atoms with Crippen molar-refractivity contribution in [1.29, 1.82) is 0 Å². The maximum absolute atomic E-state index is 4.56. The van der Waals surface area contributed by atoms with E-state index in [1.54, 1.807) is 11.3 Å². The third-order valence-corrected chi connectivity index (χ3v) is 4.78. The highest BCUT2D eigenvalue weighted by Gasteiger charge is 2.17. The van der Waals surface area contributed by atoms with Crippen LogP contribution in [0.5, 0.6) is 0 Å². The lowest BCUT2D eigenvalue weighted by Crippen LogP contribution is -2.46. The number of aryl methyl sites for hydroxylation is 1. The van der Waals surface area contributed by atoms with Crippen molar-refractivity contribution in [3.8, 4) is 0 Å². The van der Waals surface area contributed by atoms with E-state index < -0.39 is 0 Å². The molecular weight excluding hydrogens is 280 g/mol. The third-order valence-electron chi connectivity index (χ3n) is 3.96. The highest BCUT2D eigenvalue weighted by Crippen LogP contribution is 2.12. The Bertz CT molecular complexity index is 546. The molecule has 0 atom stereocenters. The minimum Gasteiger partial charge on any atom is -0.300 e. The largest absolute Gasteiger partial charge is 0.300 e. The highest BCUT2D eigenvalue weighted by molar-refractivity contribution is 7.09. The topological polar surface area (TPSA) is 32.3 Å². The first-order chi connectivity index (χ1) is 10.3. The zero-order valence-electron chi connectivity index (χ0n) is 12.5. The van der Waals surface area contributed by atoms with Gasteiger partial charge in [0.05, 0.1) is 10.7 Å². The van der Waals surface area contributed by atoms with Gasteiger partial charge in [-0.15, -0.1) is 11.3 Å². The summed E-state index contributed by atoms with van der Waals surface area (Å²) < 4.78 is 0. The van der Waals surface area contributed by atoms with E-state index in [0.717, 1.165) is 45.7 Å². The molecule has 3 heterocycles. The van der Waals surface area contributed by atoms with Gasteiger partial charge >= 0.3 is 0 Å². The van der Waals surface area contributed by atoms with Crippen LogP contribution in [-0.2, 0) is 13.0 Å². The average molecular weight is 302 g/mol. The fraction of sp³-hybridized carbons (Fsp3) is 0.500. The molecule has 1 fully saturated rings. The molecule has 0 bridgehead atoms. The molecule has 112 valence electrons. The molecule has 21 heavy (non-hydrogen) atoms. The van der Waals surface area contributed by atoms with Crippen LogP contribution in [0.3, 0.4) is 0 Å². The SMILES string of the molecule is Cc1nc(CN2CCN(CCc3cccnc3)CC2)cs1. The molecule has 3 rings (SSSR count). The van der Waals surface area contributed by atoms with Crippen LogP contribution < -0.4 is 0 Å². The molecule has 0 radical (unpaired) electrons. The first-order valence-electron chi connectivity index (χ1n) is 7.54. The molecule has 0 amide bonds. The van der Waals surface area contributed by atoms with Crippen molar-refractivity contribution in [2.45, 2.75) is 19.9 Å². The highest BCUT2D eigenvalue weighted by atomic mass is 32.1. The molecule has 2 aromatic rings. The van der Waals surface area contributed by atoms with Crippen LogP contribution in [-0.4, -0.2) is 52.5 Å². The number of hydrogen-bond acceptors (Lipinski definition) is 5. The number of hydrogen-bond donors (Lipinski definition) is 0. The molecule has 0 aliphatic carbocycles. The predicted molar refractivity (Wildman–Crippen MR) is 86.5 cm³/mol. The van der Waals surface area contributed by atoms with Crippen LogP contribution in [0.2, 0.25) is 0 Å². The molecule has 4 nitrogen and oxygen atoms in total. The van der Waals surface area contributed by atoms with Gasteiger partial charge in [0.2, 0.25) is 0 Å². The summed E-state index contributed by atoms with van der Waals surface area (Å²) in [6, 6.07) is 4.18. The fourth-order valence-corrected chi connectivity index (χ4v) is 3.32. The van der Waals surface area contributed by atoms with Crippen LogP contribution in [0.1, 0.15) is 16.3 Å². The smallest absolute Gasteiger partial charge is 0.0897 e. The van der Waals surface area contributed by atoms with Gasteiger partial charge in [-0.2, -0.15) is 0 Å². The molecule has 5 heteroatoms. The van der Waals surface area contributed by atoms with Crippen molar-refractivity contribution in [1.82, 2.24) is 19.8 Å². The summed E-state index contributed by atoms with van der Waals surface area (Å²) in [5.41, 5.74) is 2.55. The molecule has 0 unspecified atom stereocenters. The summed E-state index contributed by atoms with van der Waals surface area (Å²) in [7, 11) is 0. The van der Waals surface area contributed by atoms with Gasteiger partial charge in [-0.3, -0.25) is 9.88 Å². The Morgan fingerprint density at radius 3 is 2.67 bits per heavy atom. The quantitative estimate of drug-likeness (QED) is 0.847. The summed E-state index contributed by atoms with van der Waals surface area (Å²) in [6.45, 7) is 8.81. The van der Waals surface area contributed by atoms with E-state index in [9.17, 15) is 0 Å². The minimum absolute atomic E-state index is 1.00. The standard InChI is InChI=1S/C16H22N4S/c1-14-18-16(13-21-14)12-20-9-7-19(8-10-20)6-4-15-3-2-5-17-11-15/h2-3,5,11,13H,4,6-10,12H2,1H3. The van der Waals surface area contributed by atoms with Crippen molar-refractivity contribution < 1.29 is 0 Å². The summed E-state index contributed by atoms with van der Waals surface area (Å²) >= 11 is 1.75. The molecule has 1 saturated heterocycles. The number of piperazine rings is 1. The maximum atomic E-state index is 4.56. The van der Waals surface area contributed by atoms with Crippen LogP contribution in [0.15, 0.2) is 29.9 Å². The zero-order chi connectivity index (χ0) is 14.5. The van der Waals surface area contributed by atoms with Crippen LogP contribution in [0, 0.1) is 6.92 Å². The molecule has 0 spiro atoms. The van der Waals surface area contributed by atoms with Crippen molar-refractivity contribution in [3.63, 3.8) is 0 Å². The fourth-order valence-electron chi connectivity index (χ4n) is 2.71. The van der Waals surface area contributed by atoms with Gasteiger partial charge in [-0.05, 0) is 25.0 Å². The van der Waals surface area contributed by atoms with Crippen LogP contribution in [0.25, 0.3) is 0 Å². The van der Waals surface area contributed by atoms with Gasteiger partial charge in [-0.1, -0.05) is 6.07 Å². The Labute approximate surface area is 130 Å². The van der Waals surface area contributed by atoms with Crippen molar-refractivity contribution in [2.24, 2.45) is 0 Å². The van der Waals surface area contributed by atoms with Gasteiger partial charge in [0.15, 0.2) is 0 Å². The predicted octanol–water partition coefficient (Wildman–Crippen LogP) is 2.21. The van der Waals surface area contributed by atoms with E-state index in [2.05, 4.69) is 38.1 Å². The molecular formula is C16H22N4S. The summed E-state index contributed by atoms with van der Waals surface area (Å²) in [4.78, 5) is 13.8. The molecule has 2 aromatic heterocycles. The Kier molecular flexibility index (Phi) is 4.95. The number of rotatable bonds is 5. The van der Waals surface area contributed by atoms with E-state index in [1.807, 2.05) is 18.5 Å². The normalized spacial score (nSPS) is 17.2. The van der Waals surface area contributed by atoms with E-state index in [4.69, 9.17) is 0 Å². The monoisotopic (exact) mass is 302 g/mol. The molecule has 0 saturated carbocycles. The number of pyridine rings is 1. The zero-order valence-corrected chi connectivity index (χ0v) is 13.4. The van der Waals surface area contributed by atoms with Crippen molar-refractivity contribution in [3.05, 3.63) is 46.2 Å². The Balaban J connectivity index is 1.40. The van der Waals surface area contributed by atoms with E-state index in [1.165, 1.54) is 16.3 Å². The van der Waals surface area contributed by atoms with E-state index >= 15 is 0 Å². The third kappa shape index (κ3) is 4.33. The maximum Gasteiger partial charge on any atom is 0.0897 e. The minimum atomic E-state index is 1.00. The molecule has 1 aliphatic heterocycles. The van der Waals surface area contributed by atoms with Crippen molar-refractivity contribution in [2.75, 3.05) is 32.7 Å². The van der Waals surface area contributed by atoms with Gasteiger partial charge < -0.3 is 4.90 Å². The number of aromatic nitrogens is 2. The van der Waals surface area contributed by atoms with Gasteiger partial charge in [0.25, 0.3) is 0 Å².